The summed E-state index contributed by atoms with van der Waals surface area (Å²) in [5.74, 6) is 0.588. The molecule has 6 heteroatoms. The number of rotatable bonds is 2. The molecular weight excluding hydrogens is 283 g/mol. The normalized spacial score (nSPS) is 10.8. The molecule has 0 radical (unpaired) electrons. The lowest BCUT2D eigenvalue weighted by Crippen LogP contribution is -1.92. The fraction of sp³-hybridized carbons (Fsp3) is 0. The van der Waals surface area contributed by atoms with Gasteiger partial charge in [-0.3, -0.25) is 0 Å². The van der Waals surface area contributed by atoms with Crippen molar-refractivity contribution < 1.29 is 0 Å². The van der Waals surface area contributed by atoms with Crippen LogP contribution in [-0.4, -0.2) is 9.97 Å². The van der Waals surface area contributed by atoms with Gasteiger partial charge in [0.1, 0.15) is 0 Å². The highest BCUT2D eigenvalue weighted by atomic mass is 35.5. The first-order valence-corrected chi connectivity index (χ1v) is 6.35. The minimum absolute atomic E-state index is 0.573. The Morgan fingerprint density at radius 2 is 1.95 bits per heavy atom. The number of nitrogen functional groups attached to an aromatic ring is 1. The molecule has 0 bridgehead atoms. The number of benzene rings is 2. The van der Waals surface area contributed by atoms with Crippen molar-refractivity contribution in [1.82, 2.24) is 9.97 Å². The minimum Gasteiger partial charge on any atom is -0.399 e. The molecule has 0 saturated heterocycles. The predicted molar refractivity (Wildman–Crippen MR) is 80.3 cm³/mol. The molecule has 3 aromatic rings. The standard InChI is InChI=1S/C13H10Cl2N4/c14-7-1-3-9(15)11(5-7)18-13-17-10-4-2-8(16)6-12(10)19-13/h1-6H,16H2,(H2,17,18,19). The second kappa shape index (κ2) is 4.64. The van der Waals surface area contributed by atoms with E-state index >= 15 is 0 Å². The summed E-state index contributed by atoms with van der Waals surface area (Å²) >= 11 is 12.0. The molecule has 0 unspecified atom stereocenters. The number of aromatic amines is 1. The lowest BCUT2D eigenvalue weighted by Gasteiger charge is -2.05. The van der Waals surface area contributed by atoms with Crippen LogP contribution < -0.4 is 11.1 Å². The number of hydrogen-bond donors (Lipinski definition) is 3. The van der Waals surface area contributed by atoms with Gasteiger partial charge in [-0.2, -0.15) is 0 Å². The molecule has 19 heavy (non-hydrogen) atoms. The van der Waals surface area contributed by atoms with Gasteiger partial charge in [0.25, 0.3) is 0 Å². The Hall–Kier alpha value is -1.91. The van der Waals surface area contributed by atoms with E-state index in [-0.39, 0.29) is 0 Å². The van der Waals surface area contributed by atoms with Crippen molar-refractivity contribution in [2.24, 2.45) is 0 Å². The lowest BCUT2D eigenvalue weighted by atomic mass is 10.3. The number of fused-ring (bicyclic) bond motifs is 1. The van der Waals surface area contributed by atoms with E-state index in [9.17, 15) is 0 Å². The first-order valence-electron chi connectivity index (χ1n) is 5.59. The molecule has 0 aliphatic heterocycles. The van der Waals surface area contributed by atoms with Gasteiger partial charge in [-0.1, -0.05) is 23.2 Å². The second-order valence-electron chi connectivity index (χ2n) is 4.11. The van der Waals surface area contributed by atoms with Crippen LogP contribution in [0.15, 0.2) is 36.4 Å². The van der Waals surface area contributed by atoms with Gasteiger partial charge in [0.15, 0.2) is 0 Å². The van der Waals surface area contributed by atoms with E-state index in [0.29, 0.717) is 27.4 Å². The van der Waals surface area contributed by atoms with Crippen LogP contribution in [0.3, 0.4) is 0 Å². The van der Waals surface area contributed by atoms with E-state index in [2.05, 4.69) is 15.3 Å². The summed E-state index contributed by atoms with van der Waals surface area (Å²) < 4.78 is 0. The average molecular weight is 293 g/mol. The van der Waals surface area contributed by atoms with Gasteiger partial charge in [0, 0.05) is 10.7 Å². The summed E-state index contributed by atoms with van der Waals surface area (Å²) in [6.45, 7) is 0. The Balaban J connectivity index is 1.98. The number of nitrogens with zero attached hydrogens (tertiary/aromatic N) is 1. The Morgan fingerprint density at radius 1 is 1.11 bits per heavy atom. The van der Waals surface area contributed by atoms with Crippen LogP contribution in [0, 0.1) is 0 Å². The highest BCUT2D eigenvalue weighted by Gasteiger charge is 2.06. The van der Waals surface area contributed by atoms with Crippen LogP contribution in [0.5, 0.6) is 0 Å². The first kappa shape index (κ1) is 12.1. The van der Waals surface area contributed by atoms with Gasteiger partial charge in [-0.05, 0) is 36.4 Å². The third-order valence-electron chi connectivity index (χ3n) is 2.69. The summed E-state index contributed by atoms with van der Waals surface area (Å²) in [5, 5.41) is 4.28. The molecular formula is C13H10Cl2N4. The summed E-state index contributed by atoms with van der Waals surface area (Å²) in [6, 6.07) is 10.7. The molecule has 1 heterocycles. The highest BCUT2D eigenvalue weighted by molar-refractivity contribution is 6.35. The molecule has 1 aromatic heterocycles. The Kier molecular flexibility index (Phi) is 2.97. The van der Waals surface area contributed by atoms with Gasteiger partial charge in [0.2, 0.25) is 5.95 Å². The lowest BCUT2D eigenvalue weighted by molar-refractivity contribution is 1.31. The van der Waals surface area contributed by atoms with E-state index in [1.807, 2.05) is 12.1 Å². The van der Waals surface area contributed by atoms with Crippen molar-refractivity contribution in [3.8, 4) is 0 Å². The summed E-state index contributed by atoms with van der Waals surface area (Å²) in [4.78, 5) is 7.52. The van der Waals surface area contributed by atoms with Crippen LogP contribution in [0.1, 0.15) is 0 Å². The van der Waals surface area contributed by atoms with Crippen LogP contribution >= 0.6 is 23.2 Å². The molecule has 0 aliphatic rings. The van der Waals surface area contributed by atoms with Crippen molar-refractivity contribution in [3.63, 3.8) is 0 Å². The molecule has 0 atom stereocenters. The van der Waals surface area contributed by atoms with E-state index in [4.69, 9.17) is 28.9 Å². The van der Waals surface area contributed by atoms with Gasteiger partial charge in [-0.15, -0.1) is 0 Å². The molecule has 2 aromatic carbocycles. The van der Waals surface area contributed by atoms with Gasteiger partial charge < -0.3 is 16.0 Å². The molecule has 3 rings (SSSR count). The van der Waals surface area contributed by atoms with Crippen molar-refractivity contribution in [3.05, 3.63) is 46.4 Å². The second-order valence-corrected chi connectivity index (χ2v) is 4.95. The van der Waals surface area contributed by atoms with Crippen LogP contribution in [0.2, 0.25) is 10.0 Å². The topological polar surface area (TPSA) is 66.7 Å². The van der Waals surface area contributed by atoms with Crippen LogP contribution in [0.4, 0.5) is 17.3 Å². The largest absolute Gasteiger partial charge is 0.399 e. The maximum atomic E-state index is 6.09. The number of H-pyrrole nitrogens is 1. The fourth-order valence-electron chi connectivity index (χ4n) is 1.81. The van der Waals surface area contributed by atoms with Gasteiger partial charge in [0.05, 0.1) is 21.7 Å². The fourth-order valence-corrected chi connectivity index (χ4v) is 2.14. The molecule has 4 nitrogen and oxygen atoms in total. The van der Waals surface area contributed by atoms with Crippen molar-refractivity contribution in [2.75, 3.05) is 11.1 Å². The third-order valence-corrected chi connectivity index (χ3v) is 3.25. The van der Waals surface area contributed by atoms with Crippen LogP contribution in [0.25, 0.3) is 11.0 Å². The Bertz CT molecular complexity index is 751. The Labute approximate surface area is 119 Å². The number of halogens is 2. The van der Waals surface area contributed by atoms with Crippen molar-refractivity contribution >= 4 is 51.6 Å². The van der Waals surface area contributed by atoms with Crippen LogP contribution in [-0.2, 0) is 0 Å². The number of hydrogen-bond acceptors (Lipinski definition) is 3. The molecule has 0 amide bonds. The maximum Gasteiger partial charge on any atom is 0.205 e. The number of nitrogens with one attached hydrogen (secondary N) is 2. The quantitative estimate of drug-likeness (QED) is 0.620. The van der Waals surface area contributed by atoms with Gasteiger partial charge >= 0.3 is 0 Å². The van der Waals surface area contributed by atoms with E-state index in [1.165, 1.54) is 0 Å². The zero-order valence-corrected chi connectivity index (χ0v) is 11.3. The molecule has 4 N–H and O–H groups in total. The zero-order valence-electron chi connectivity index (χ0n) is 9.74. The number of aromatic nitrogens is 2. The molecule has 0 saturated carbocycles. The molecule has 0 fully saturated rings. The summed E-state index contributed by atoms with van der Waals surface area (Å²) in [5.41, 5.74) is 8.79. The number of imidazole rings is 1. The van der Waals surface area contributed by atoms with Gasteiger partial charge in [-0.25, -0.2) is 4.98 Å². The first-order chi connectivity index (χ1) is 9.11. The van der Waals surface area contributed by atoms with E-state index in [1.54, 1.807) is 24.3 Å². The highest BCUT2D eigenvalue weighted by Crippen LogP contribution is 2.28. The smallest absolute Gasteiger partial charge is 0.205 e. The minimum atomic E-state index is 0.573. The SMILES string of the molecule is Nc1ccc2nc(Nc3cc(Cl)ccc3Cl)[nH]c2c1. The summed E-state index contributed by atoms with van der Waals surface area (Å²) in [6.07, 6.45) is 0. The predicted octanol–water partition coefficient (Wildman–Crippen LogP) is 4.20. The molecule has 0 spiro atoms. The number of nitrogens with two attached hydrogens (primary N) is 1. The Morgan fingerprint density at radius 3 is 2.79 bits per heavy atom. The molecule has 0 aliphatic carbocycles. The summed E-state index contributed by atoms with van der Waals surface area (Å²) in [7, 11) is 0. The zero-order chi connectivity index (χ0) is 13.4. The van der Waals surface area contributed by atoms with E-state index < -0.39 is 0 Å². The molecule has 96 valence electrons. The number of anilines is 3. The monoisotopic (exact) mass is 292 g/mol. The average Bonchev–Trinajstić information content (AvgIpc) is 2.75. The van der Waals surface area contributed by atoms with Crippen molar-refractivity contribution in [1.29, 1.82) is 0 Å². The maximum absolute atomic E-state index is 6.09. The van der Waals surface area contributed by atoms with E-state index in [0.717, 1.165) is 11.0 Å². The third kappa shape index (κ3) is 2.45. The van der Waals surface area contributed by atoms with Crippen molar-refractivity contribution in [2.45, 2.75) is 0 Å².